The third-order valence-electron chi connectivity index (χ3n) is 4.15. The Labute approximate surface area is 160 Å². The molecule has 3 aromatic rings. The van der Waals surface area contributed by atoms with Gasteiger partial charge in [-0.3, -0.25) is 14.9 Å². The minimum atomic E-state index is -0.347. The molecule has 0 saturated heterocycles. The predicted molar refractivity (Wildman–Crippen MR) is 104 cm³/mol. The van der Waals surface area contributed by atoms with E-state index in [9.17, 15) is 9.59 Å². The second-order valence-electron chi connectivity index (χ2n) is 5.92. The van der Waals surface area contributed by atoms with Crippen molar-refractivity contribution in [2.75, 3.05) is 10.6 Å². The SMILES string of the molecule is CCC(CC)c1nnc(NC(=O)c2ccc(NC(=O)c3ccco3)cc2)s1. The highest BCUT2D eigenvalue weighted by atomic mass is 32.1. The summed E-state index contributed by atoms with van der Waals surface area (Å²) in [6.45, 7) is 4.22. The molecule has 7 nitrogen and oxygen atoms in total. The van der Waals surface area contributed by atoms with Gasteiger partial charge in [0, 0.05) is 17.2 Å². The van der Waals surface area contributed by atoms with Crippen LogP contribution in [0.1, 0.15) is 58.5 Å². The van der Waals surface area contributed by atoms with E-state index < -0.39 is 0 Å². The lowest BCUT2D eigenvalue weighted by atomic mass is 10.1. The molecule has 2 amide bonds. The van der Waals surface area contributed by atoms with Crippen LogP contribution in [0.3, 0.4) is 0 Å². The first-order valence-electron chi connectivity index (χ1n) is 8.70. The number of amides is 2. The van der Waals surface area contributed by atoms with Gasteiger partial charge in [-0.05, 0) is 49.2 Å². The summed E-state index contributed by atoms with van der Waals surface area (Å²) in [4.78, 5) is 24.3. The van der Waals surface area contributed by atoms with Gasteiger partial charge in [-0.2, -0.15) is 0 Å². The Bertz CT molecular complexity index is 899. The molecule has 1 aromatic carbocycles. The van der Waals surface area contributed by atoms with Gasteiger partial charge in [0.1, 0.15) is 5.01 Å². The van der Waals surface area contributed by atoms with Gasteiger partial charge < -0.3 is 9.73 Å². The van der Waals surface area contributed by atoms with Crippen LogP contribution in [0.4, 0.5) is 10.8 Å². The van der Waals surface area contributed by atoms with Gasteiger partial charge >= 0.3 is 0 Å². The van der Waals surface area contributed by atoms with Crippen molar-refractivity contribution >= 4 is 34.0 Å². The predicted octanol–water partition coefficient (Wildman–Crippen LogP) is 4.54. The van der Waals surface area contributed by atoms with Crippen molar-refractivity contribution in [1.29, 1.82) is 0 Å². The minimum absolute atomic E-state index is 0.223. The maximum absolute atomic E-state index is 12.4. The number of nitrogens with zero attached hydrogens (tertiary/aromatic N) is 2. The Kier molecular flexibility index (Phi) is 5.97. The molecule has 2 N–H and O–H groups in total. The molecule has 8 heteroatoms. The zero-order valence-electron chi connectivity index (χ0n) is 15.1. The van der Waals surface area contributed by atoms with Gasteiger partial charge in [0.05, 0.1) is 6.26 Å². The molecule has 0 aliphatic carbocycles. The molecule has 0 atom stereocenters. The second kappa shape index (κ2) is 8.59. The largest absolute Gasteiger partial charge is 0.459 e. The van der Waals surface area contributed by atoms with E-state index in [-0.39, 0.29) is 17.6 Å². The van der Waals surface area contributed by atoms with E-state index in [4.69, 9.17) is 4.42 Å². The lowest BCUT2D eigenvalue weighted by Crippen LogP contribution is -2.13. The molecule has 0 fully saturated rings. The molecular weight excluding hydrogens is 364 g/mol. The highest BCUT2D eigenvalue weighted by Crippen LogP contribution is 2.28. The van der Waals surface area contributed by atoms with Crippen LogP contribution >= 0.6 is 11.3 Å². The van der Waals surface area contributed by atoms with Crippen LogP contribution in [0.15, 0.2) is 47.1 Å². The van der Waals surface area contributed by atoms with E-state index in [1.807, 2.05) is 0 Å². The van der Waals surface area contributed by atoms with Crippen LogP contribution in [0.25, 0.3) is 0 Å². The van der Waals surface area contributed by atoms with E-state index in [2.05, 4.69) is 34.7 Å². The van der Waals surface area contributed by atoms with Crippen LogP contribution in [0.5, 0.6) is 0 Å². The molecule has 3 rings (SSSR count). The Morgan fingerprint density at radius 3 is 2.41 bits per heavy atom. The highest BCUT2D eigenvalue weighted by Gasteiger charge is 2.15. The molecule has 0 unspecified atom stereocenters. The van der Waals surface area contributed by atoms with Crippen molar-refractivity contribution < 1.29 is 14.0 Å². The summed E-state index contributed by atoms with van der Waals surface area (Å²) < 4.78 is 5.04. The minimum Gasteiger partial charge on any atom is -0.459 e. The molecule has 0 saturated carbocycles. The van der Waals surface area contributed by atoms with Gasteiger partial charge in [-0.25, -0.2) is 0 Å². The zero-order chi connectivity index (χ0) is 19.2. The summed E-state index contributed by atoms with van der Waals surface area (Å²) in [7, 11) is 0. The summed E-state index contributed by atoms with van der Waals surface area (Å²) >= 11 is 1.40. The molecule has 0 aliphatic heterocycles. The third-order valence-corrected chi connectivity index (χ3v) is 5.15. The van der Waals surface area contributed by atoms with Gasteiger partial charge in [0.15, 0.2) is 5.76 Å². The first-order chi connectivity index (χ1) is 13.1. The Morgan fingerprint density at radius 1 is 1.04 bits per heavy atom. The quantitative estimate of drug-likeness (QED) is 0.623. The molecule has 0 bridgehead atoms. The number of benzene rings is 1. The van der Waals surface area contributed by atoms with Crippen LogP contribution < -0.4 is 10.6 Å². The first kappa shape index (κ1) is 18.8. The highest BCUT2D eigenvalue weighted by molar-refractivity contribution is 7.15. The zero-order valence-corrected chi connectivity index (χ0v) is 15.9. The number of carbonyl (C=O) groups excluding carboxylic acids is 2. The number of hydrogen-bond donors (Lipinski definition) is 2. The number of rotatable bonds is 7. The van der Waals surface area contributed by atoms with Gasteiger partial charge in [-0.1, -0.05) is 25.2 Å². The summed E-state index contributed by atoms with van der Waals surface area (Å²) in [5.74, 6) is -0.0299. The fourth-order valence-electron chi connectivity index (χ4n) is 2.56. The number of furan rings is 1. The van der Waals surface area contributed by atoms with Crippen LogP contribution in [-0.4, -0.2) is 22.0 Å². The summed E-state index contributed by atoms with van der Waals surface area (Å²) in [5.41, 5.74) is 1.03. The van der Waals surface area contributed by atoms with Crippen molar-refractivity contribution in [3.05, 3.63) is 59.0 Å². The van der Waals surface area contributed by atoms with Gasteiger partial charge in [0.25, 0.3) is 11.8 Å². The van der Waals surface area contributed by atoms with Gasteiger partial charge in [0.2, 0.25) is 5.13 Å². The lowest BCUT2D eigenvalue weighted by molar-refractivity contribution is 0.0995. The van der Waals surface area contributed by atoms with Crippen molar-refractivity contribution in [3.8, 4) is 0 Å². The molecule has 140 valence electrons. The average molecular weight is 384 g/mol. The molecular formula is C19H20N4O3S. The van der Waals surface area contributed by atoms with Crippen LogP contribution in [0.2, 0.25) is 0 Å². The van der Waals surface area contributed by atoms with E-state index in [1.165, 1.54) is 17.6 Å². The monoisotopic (exact) mass is 384 g/mol. The topological polar surface area (TPSA) is 97.1 Å². The maximum Gasteiger partial charge on any atom is 0.291 e. The van der Waals surface area contributed by atoms with Crippen molar-refractivity contribution in [2.45, 2.75) is 32.6 Å². The van der Waals surface area contributed by atoms with Crippen molar-refractivity contribution in [3.63, 3.8) is 0 Å². The summed E-state index contributed by atoms with van der Waals surface area (Å²) in [6, 6.07) is 9.81. The first-order valence-corrected chi connectivity index (χ1v) is 9.52. The Balaban J connectivity index is 1.61. The molecule has 27 heavy (non-hydrogen) atoms. The number of carbonyl (C=O) groups is 2. The molecule has 0 aliphatic rings. The fraction of sp³-hybridized carbons (Fsp3) is 0.263. The maximum atomic E-state index is 12.4. The average Bonchev–Trinajstić information content (AvgIpc) is 3.36. The van der Waals surface area contributed by atoms with Crippen LogP contribution in [0, 0.1) is 0 Å². The van der Waals surface area contributed by atoms with E-state index >= 15 is 0 Å². The van der Waals surface area contributed by atoms with Crippen LogP contribution in [-0.2, 0) is 0 Å². The van der Waals surface area contributed by atoms with Crippen molar-refractivity contribution in [2.24, 2.45) is 0 Å². The molecule has 2 heterocycles. The Hall–Kier alpha value is -3.00. The molecule has 0 spiro atoms. The van der Waals surface area contributed by atoms with Crippen molar-refractivity contribution in [1.82, 2.24) is 10.2 Å². The Morgan fingerprint density at radius 2 is 1.78 bits per heavy atom. The fourth-order valence-corrected chi connectivity index (χ4v) is 3.57. The lowest BCUT2D eigenvalue weighted by Gasteiger charge is -2.06. The normalized spacial score (nSPS) is 10.8. The smallest absolute Gasteiger partial charge is 0.291 e. The summed E-state index contributed by atoms with van der Waals surface area (Å²) in [6.07, 6.45) is 3.42. The van der Waals surface area contributed by atoms with E-state index in [0.29, 0.717) is 22.3 Å². The van der Waals surface area contributed by atoms with Gasteiger partial charge in [-0.15, -0.1) is 10.2 Å². The van der Waals surface area contributed by atoms with E-state index in [0.717, 1.165) is 17.8 Å². The molecule has 2 aromatic heterocycles. The number of hydrogen-bond acceptors (Lipinski definition) is 6. The number of nitrogens with one attached hydrogen (secondary N) is 2. The second-order valence-corrected chi connectivity index (χ2v) is 6.93. The van der Waals surface area contributed by atoms with E-state index in [1.54, 1.807) is 36.4 Å². The number of anilines is 2. The standard InChI is InChI=1S/C19H20N4O3S/c1-3-12(4-2)18-22-23-19(27-18)21-16(24)13-7-9-14(10-8-13)20-17(25)15-6-5-11-26-15/h5-12H,3-4H2,1-2H3,(H,20,25)(H,21,23,24). The molecule has 0 radical (unpaired) electrons. The third kappa shape index (κ3) is 4.59. The number of aromatic nitrogens is 2. The summed E-state index contributed by atoms with van der Waals surface area (Å²) in [5, 5.41) is 15.1.